The number of hydrogen-bond acceptors (Lipinski definition) is 1. The lowest BCUT2D eigenvalue weighted by Gasteiger charge is -2.22. The van der Waals surface area contributed by atoms with Crippen molar-refractivity contribution in [3.8, 4) is 0 Å². The Hall–Kier alpha value is -0.820. The van der Waals surface area contributed by atoms with Crippen LogP contribution in [0.1, 0.15) is 32.3 Å². The molecule has 0 saturated carbocycles. The summed E-state index contributed by atoms with van der Waals surface area (Å²) in [7, 11) is 0. The maximum absolute atomic E-state index is 2.47. The van der Waals surface area contributed by atoms with E-state index in [1.807, 2.05) is 0 Å². The SMILES string of the molecule is CCN(CC)C[C@@H](C)c1ccccc1. The zero-order valence-electron chi connectivity index (χ0n) is 9.53. The molecule has 78 valence electrons. The number of rotatable bonds is 5. The Morgan fingerprint density at radius 1 is 1.07 bits per heavy atom. The summed E-state index contributed by atoms with van der Waals surface area (Å²) < 4.78 is 0. The molecule has 14 heavy (non-hydrogen) atoms. The Balaban J connectivity index is 2.54. The first kappa shape index (κ1) is 11.3. The fraction of sp³-hybridized carbons (Fsp3) is 0.538. The van der Waals surface area contributed by atoms with Gasteiger partial charge >= 0.3 is 0 Å². The minimum Gasteiger partial charge on any atom is -0.303 e. The highest BCUT2D eigenvalue weighted by atomic mass is 15.1. The van der Waals surface area contributed by atoms with Gasteiger partial charge in [0.25, 0.3) is 0 Å². The zero-order chi connectivity index (χ0) is 10.4. The third kappa shape index (κ3) is 3.15. The maximum atomic E-state index is 2.47. The van der Waals surface area contributed by atoms with Crippen LogP contribution in [-0.4, -0.2) is 24.5 Å². The Morgan fingerprint density at radius 3 is 2.14 bits per heavy atom. The van der Waals surface area contributed by atoms with E-state index in [4.69, 9.17) is 0 Å². The number of nitrogens with zero attached hydrogens (tertiary/aromatic N) is 1. The highest BCUT2D eigenvalue weighted by Crippen LogP contribution is 2.15. The normalized spacial score (nSPS) is 13.1. The first-order chi connectivity index (χ1) is 6.77. The van der Waals surface area contributed by atoms with Gasteiger partial charge in [0.2, 0.25) is 0 Å². The second-order valence-corrected chi connectivity index (χ2v) is 3.80. The van der Waals surface area contributed by atoms with Gasteiger partial charge in [-0.25, -0.2) is 0 Å². The van der Waals surface area contributed by atoms with Crippen molar-refractivity contribution in [2.45, 2.75) is 26.7 Å². The molecule has 0 amide bonds. The van der Waals surface area contributed by atoms with E-state index in [9.17, 15) is 0 Å². The Labute approximate surface area is 87.7 Å². The average molecular weight is 191 g/mol. The van der Waals surface area contributed by atoms with Crippen molar-refractivity contribution in [1.29, 1.82) is 0 Å². The third-order valence-corrected chi connectivity index (χ3v) is 2.80. The summed E-state index contributed by atoms with van der Waals surface area (Å²) in [5.74, 6) is 0.635. The third-order valence-electron chi connectivity index (χ3n) is 2.80. The van der Waals surface area contributed by atoms with Crippen LogP contribution in [0.4, 0.5) is 0 Å². The number of hydrogen-bond donors (Lipinski definition) is 0. The molecule has 1 aromatic rings. The number of benzene rings is 1. The summed E-state index contributed by atoms with van der Waals surface area (Å²) in [6.07, 6.45) is 0. The standard InChI is InChI=1S/C13H21N/c1-4-14(5-2)11-12(3)13-9-7-6-8-10-13/h6-10,12H,4-5,11H2,1-3H3/t12-/m1/s1. The Kier molecular flexibility index (Phi) is 4.68. The lowest BCUT2D eigenvalue weighted by Crippen LogP contribution is -2.27. The molecule has 1 rings (SSSR count). The molecule has 0 saturated heterocycles. The Bertz CT molecular complexity index is 239. The van der Waals surface area contributed by atoms with Gasteiger partial charge in [-0.2, -0.15) is 0 Å². The molecule has 0 aliphatic heterocycles. The van der Waals surface area contributed by atoms with Crippen molar-refractivity contribution in [2.24, 2.45) is 0 Å². The molecule has 0 unspecified atom stereocenters. The lowest BCUT2D eigenvalue weighted by atomic mass is 10.0. The van der Waals surface area contributed by atoms with Crippen LogP contribution < -0.4 is 0 Å². The van der Waals surface area contributed by atoms with Gasteiger partial charge in [-0.15, -0.1) is 0 Å². The summed E-state index contributed by atoms with van der Waals surface area (Å²) in [5.41, 5.74) is 1.44. The quantitative estimate of drug-likeness (QED) is 0.691. The van der Waals surface area contributed by atoms with Crippen LogP contribution in [0.3, 0.4) is 0 Å². The van der Waals surface area contributed by atoms with Crippen molar-refractivity contribution in [2.75, 3.05) is 19.6 Å². The molecule has 1 aromatic carbocycles. The van der Waals surface area contributed by atoms with E-state index in [1.54, 1.807) is 0 Å². The largest absolute Gasteiger partial charge is 0.303 e. The van der Waals surface area contributed by atoms with Gasteiger partial charge in [0.05, 0.1) is 0 Å². The summed E-state index contributed by atoms with van der Waals surface area (Å²) >= 11 is 0. The van der Waals surface area contributed by atoms with Crippen molar-refractivity contribution in [3.05, 3.63) is 35.9 Å². The van der Waals surface area contributed by atoms with E-state index in [1.165, 1.54) is 5.56 Å². The molecule has 1 nitrogen and oxygen atoms in total. The van der Waals surface area contributed by atoms with Crippen LogP contribution in [0, 0.1) is 0 Å². The second-order valence-electron chi connectivity index (χ2n) is 3.80. The summed E-state index contributed by atoms with van der Waals surface area (Å²) in [6, 6.07) is 10.7. The van der Waals surface area contributed by atoms with E-state index in [2.05, 4.69) is 56.0 Å². The topological polar surface area (TPSA) is 3.24 Å². The minimum atomic E-state index is 0.635. The molecule has 0 fully saturated rings. The molecular weight excluding hydrogens is 170 g/mol. The monoisotopic (exact) mass is 191 g/mol. The molecule has 0 spiro atoms. The van der Waals surface area contributed by atoms with Crippen LogP contribution in [-0.2, 0) is 0 Å². The Morgan fingerprint density at radius 2 is 1.64 bits per heavy atom. The van der Waals surface area contributed by atoms with Gasteiger partial charge in [0.1, 0.15) is 0 Å². The van der Waals surface area contributed by atoms with E-state index in [0.717, 1.165) is 19.6 Å². The van der Waals surface area contributed by atoms with Gasteiger partial charge in [-0.05, 0) is 24.6 Å². The second kappa shape index (κ2) is 5.82. The van der Waals surface area contributed by atoms with Gasteiger partial charge < -0.3 is 4.90 Å². The maximum Gasteiger partial charge on any atom is 0.00474 e. The van der Waals surface area contributed by atoms with Gasteiger partial charge in [0.15, 0.2) is 0 Å². The van der Waals surface area contributed by atoms with Gasteiger partial charge in [-0.3, -0.25) is 0 Å². The van der Waals surface area contributed by atoms with E-state index >= 15 is 0 Å². The van der Waals surface area contributed by atoms with E-state index in [-0.39, 0.29) is 0 Å². The number of likely N-dealkylation sites (N-methyl/N-ethyl adjacent to an activating group) is 1. The molecule has 0 aliphatic rings. The molecular formula is C13H21N. The molecule has 0 bridgehead atoms. The predicted molar refractivity (Wildman–Crippen MR) is 62.6 cm³/mol. The van der Waals surface area contributed by atoms with Crippen LogP contribution in [0.15, 0.2) is 30.3 Å². The lowest BCUT2D eigenvalue weighted by molar-refractivity contribution is 0.288. The van der Waals surface area contributed by atoms with Crippen LogP contribution in [0.2, 0.25) is 0 Å². The highest BCUT2D eigenvalue weighted by molar-refractivity contribution is 5.18. The average Bonchev–Trinajstić information content (AvgIpc) is 2.26. The van der Waals surface area contributed by atoms with Crippen LogP contribution in [0.5, 0.6) is 0 Å². The first-order valence-corrected chi connectivity index (χ1v) is 5.55. The minimum absolute atomic E-state index is 0.635. The molecule has 0 aromatic heterocycles. The molecule has 1 heteroatoms. The fourth-order valence-electron chi connectivity index (χ4n) is 1.76. The van der Waals surface area contributed by atoms with Crippen molar-refractivity contribution in [3.63, 3.8) is 0 Å². The summed E-state index contributed by atoms with van der Waals surface area (Å²) in [5, 5.41) is 0. The zero-order valence-corrected chi connectivity index (χ0v) is 9.53. The first-order valence-electron chi connectivity index (χ1n) is 5.55. The van der Waals surface area contributed by atoms with E-state index < -0.39 is 0 Å². The smallest absolute Gasteiger partial charge is 0.00474 e. The van der Waals surface area contributed by atoms with Crippen molar-refractivity contribution >= 4 is 0 Å². The molecule has 0 aliphatic carbocycles. The summed E-state index contributed by atoms with van der Waals surface area (Å²) in [6.45, 7) is 10.2. The summed E-state index contributed by atoms with van der Waals surface area (Å²) in [4.78, 5) is 2.47. The van der Waals surface area contributed by atoms with E-state index in [0.29, 0.717) is 5.92 Å². The highest BCUT2D eigenvalue weighted by Gasteiger charge is 2.08. The molecule has 0 heterocycles. The van der Waals surface area contributed by atoms with Crippen LogP contribution in [0.25, 0.3) is 0 Å². The van der Waals surface area contributed by atoms with Gasteiger partial charge in [-0.1, -0.05) is 51.1 Å². The van der Waals surface area contributed by atoms with Crippen molar-refractivity contribution < 1.29 is 0 Å². The van der Waals surface area contributed by atoms with Crippen molar-refractivity contribution in [1.82, 2.24) is 4.90 Å². The van der Waals surface area contributed by atoms with Crippen LogP contribution >= 0.6 is 0 Å². The predicted octanol–water partition coefficient (Wildman–Crippen LogP) is 3.13. The van der Waals surface area contributed by atoms with Gasteiger partial charge in [0, 0.05) is 6.54 Å². The molecule has 0 N–H and O–H groups in total. The fourth-order valence-corrected chi connectivity index (χ4v) is 1.76. The molecule has 1 atom stereocenters. The molecule has 0 radical (unpaired) electrons.